The first-order valence-electron chi connectivity index (χ1n) is 8.28. The van der Waals surface area contributed by atoms with Gasteiger partial charge in [-0.25, -0.2) is 4.98 Å². The maximum atomic E-state index is 12.5. The SMILES string of the molecule is COc1ccc(OC)c(-c2csc(NC(=O)c3ccc(OC)c([N+](=O)[O-])c3)n2)c1. The molecule has 0 spiro atoms. The first-order chi connectivity index (χ1) is 14.0. The molecule has 2 aromatic carbocycles. The number of hydrogen-bond acceptors (Lipinski definition) is 8. The van der Waals surface area contributed by atoms with Gasteiger partial charge in [0.05, 0.1) is 31.9 Å². The van der Waals surface area contributed by atoms with Crippen LogP contribution in [0.15, 0.2) is 41.8 Å². The van der Waals surface area contributed by atoms with E-state index in [9.17, 15) is 14.9 Å². The van der Waals surface area contributed by atoms with Crippen LogP contribution in [0.4, 0.5) is 10.8 Å². The first kappa shape index (κ1) is 20.1. The number of thiazole rings is 1. The molecule has 0 saturated heterocycles. The molecule has 0 fully saturated rings. The molecule has 1 N–H and O–H groups in total. The summed E-state index contributed by atoms with van der Waals surface area (Å²) in [5, 5.41) is 15.9. The van der Waals surface area contributed by atoms with Gasteiger partial charge >= 0.3 is 5.69 Å². The predicted octanol–water partition coefficient (Wildman–Crippen LogP) is 4.00. The number of nitrogens with zero attached hydrogens (tertiary/aromatic N) is 2. The van der Waals surface area contributed by atoms with Gasteiger partial charge in [0, 0.05) is 22.6 Å². The highest BCUT2D eigenvalue weighted by molar-refractivity contribution is 7.14. The number of benzene rings is 2. The van der Waals surface area contributed by atoms with Crippen LogP contribution in [0.3, 0.4) is 0 Å². The number of carbonyl (C=O) groups is 1. The summed E-state index contributed by atoms with van der Waals surface area (Å²) in [7, 11) is 4.44. The van der Waals surface area contributed by atoms with Gasteiger partial charge in [0.15, 0.2) is 10.9 Å². The largest absolute Gasteiger partial charge is 0.497 e. The molecule has 0 bridgehead atoms. The van der Waals surface area contributed by atoms with E-state index in [1.165, 1.54) is 30.6 Å². The van der Waals surface area contributed by atoms with E-state index in [1.807, 2.05) is 0 Å². The molecular weight excluding hydrogens is 398 g/mol. The lowest BCUT2D eigenvalue weighted by atomic mass is 10.1. The summed E-state index contributed by atoms with van der Waals surface area (Å²) in [6, 6.07) is 9.30. The van der Waals surface area contributed by atoms with Crippen LogP contribution in [-0.2, 0) is 0 Å². The van der Waals surface area contributed by atoms with Crippen molar-refractivity contribution in [2.24, 2.45) is 0 Å². The molecule has 9 nitrogen and oxygen atoms in total. The monoisotopic (exact) mass is 415 g/mol. The fourth-order valence-corrected chi connectivity index (χ4v) is 3.32. The number of methoxy groups -OCH3 is 3. The second-order valence-corrected chi connectivity index (χ2v) is 6.56. The van der Waals surface area contributed by atoms with Crippen LogP contribution in [0.5, 0.6) is 17.2 Å². The van der Waals surface area contributed by atoms with E-state index < -0.39 is 10.8 Å². The third kappa shape index (κ3) is 4.27. The fraction of sp³-hybridized carbons (Fsp3) is 0.158. The number of ether oxygens (including phenoxy) is 3. The van der Waals surface area contributed by atoms with Gasteiger partial charge in [0.25, 0.3) is 5.91 Å². The minimum absolute atomic E-state index is 0.0770. The lowest BCUT2D eigenvalue weighted by molar-refractivity contribution is -0.385. The maximum absolute atomic E-state index is 12.5. The summed E-state index contributed by atoms with van der Waals surface area (Å²) in [4.78, 5) is 27.5. The second kappa shape index (κ2) is 8.57. The van der Waals surface area contributed by atoms with E-state index in [1.54, 1.807) is 37.8 Å². The van der Waals surface area contributed by atoms with E-state index in [2.05, 4.69) is 10.3 Å². The third-order valence-corrected chi connectivity index (χ3v) is 4.80. The fourth-order valence-electron chi connectivity index (χ4n) is 2.61. The van der Waals surface area contributed by atoms with Gasteiger partial charge in [0.1, 0.15) is 11.5 Å². The van der Waals surface area contributed by atoms with Gasteiger partial charge in [-0.05, 0) is 30.3 Å². The number of rotatable bonds is 7. The Morgan fingerprint density at radius 3 is 2.45 bits per heavy atom. The highest BCUT2D eigenvalue weighted by Crippen LogP contribution is 2.35. The number of nitro benzene ring substituents is 1. The highest BCUT2D eigenvalue weighted by atomic mass is 32.1. The molecule has 0 saturated carbocycles. The van der Waals surface area contributed by atoms with Crippen LogP contribution in [-0.4, -0.2) is 37.1 Å². The Hall–Kier alpha value is -3.66. The lowest BCUT2D eigenvalue weighted by Gasteiger charge is -2.08. The Balaban J connectivity index is 1.85. The Labute approximate surface area is 170 Å². The van der Waals surface area contributed by atoms with E-state index in [-0.39, 0.29) is 17.0 Å². The number of anilines is 1. The minimum Gasteiger partial charge on any atom is -0.497 e. The Morgan fingerprint density at radius 2 is 1.79 bits per heavy atom. The number of hydrogen-bond donors (Lipinski definition) is 1. The Morgan fingerprint density at radius 1 is 1.07 bits per heavy atom. The van der Waals surface area contributed by atoms with Gasteiger partial charge in [0.2, 0.25) is 0 Å². The van der Waals surface area contributed by atoms with Crippen LogP contribution in [0, 0.1) is 10.1 Å². The summed E-state index contributed by atoms with van der Waals surface area (Å²) in [6.07, 6.45) is 0. The molecule has 0 aliphatic carbocycles. The van der Waals surface area contributed by atoms with Gasteiger partial charge in [-0.15, -0.1) is 11.3 Å². The van der Waals surface area contributed by atoms with Crippen molar-refractivity contribution in [2.75, 3.05) is 26.6 Å². The number of nitro groups is 1. The molecule has 3 aromatic rings. The van der Waals surface area contributed by atoms with Gasteiger partial charge in [-0.2, -0.15) is 0 Å². The zero-order valence-corrected chi connectivity index (χ0v) is 16.6. The third-order valence-electron chi connectivity index (χ3n) is 4.04. The number of carbonyl (C=O) groups excluding carboxylic acids is 1. The standard InChI is InChI=1S/C19H17N3O6S/c1-26-12-5-7-16(27-2)13(9-12)14-10-29-19(20-14)21-18(23)11-4-6-17(28-3)15(8-11)22(24)25/h4-10H,1-3H3,(H,20,21,23). The van der Waals surface area contributed by atoms with Crippen LogP contribution in [0.1, 0.15) is 10.4 Å². The predicted molar refractivity (Wildman–Crippen MR) is 108 cm³/mol. The van der Waals surface area contributed by atoms with Crippen molar-refractivity contribution in [3.8, 4) is 28.5 Å². The quantitative estimate of drug-likeness (QED) is 0.458. The molecule has 0 aliphatic heterocycles. The summed E-state index contributed by atoms with van der Waals surface area (Å²) >= 11 is 1.22. The lowest BCUT2D eigenvalue weighted by Crippen LogP contribution is -2.12. The normalized spacial score (nSPS) is 10.3. The molecule has 1 heterocycles. The number of amides is 1. The van der Waals surface area contributed by atoms with Crippen molar-refractivity contribution in [3.63, 3.8) is 0 Å². The maximum Gasteiger partial charge on any atom is 0.311 e. The van der Waals surface area contributed by atoms with Crippen LogP contribution in [0.2, 0.25) is 0 Å². The van der Waals surface area contributed by atoms with Crippen molar-refractivity contribution in [3.05, 3.63) is 57.5 Å². The molecule has 0 unspecified atom stereocenters. The molecule has 10 heteroatoms. The summed E-state index contributed by atoms with van der Waals surface area (Å²) in [6.45, 7) is 0. The van der Waals surface area contributed by atoms with Crippen molar-refractivity contribution < 1.29 is 23.9 Å². The summed E-state index contributed by atoms with van der Waals surface area (Å²) in [5.74, 6) is 0.812. The second-order valence-electron chi connectivity index (χ2n) is 5.70. The molecule has 0 radical (unpaired) electrons. The zero-order valence-electron chi connectivity index (χ0n) is 15.8. The van der Waals surface area contributed by atoms with Gasteiger partial charge in [-0.1, -0.05) is 0 Å². The van der Waals surface area contributed by atoms with Gasteiger partial charge in [-0.3, -0.25) is 20.2 Å². The summed E-state index contributed by atoms with van der Waals surface area (Å²) in [5.41, 5.74) is 1.14. The first-order valence-corrected chi connectivity index (χ1v) is 9.16. The molecule has 1 aromatic heterocycles. The van der Waals surface area contributed by atoms with Crippen molar-refractivity contribution in [1.29, 1.82) is 0 Å². The smallest absolute Gasteiger partial charge is 0.311 e. The Bertz CT molecular complexity index is 1070. The van der Waals surface area contributed by atoms with Gasteiger partial charge < -0.3 is 14.2 Å². The molecule has 1 amide bonds. The number of aromatic nitrogens is 1. The van der Waals surface area contributed by atoms with Crippen molar-refractivity contribution >= 4 is 28.1 Å². The van der Waals surface area contributed by atoms with E-state index in [0.717, 1.165) is 6.07 Å². The van der Waals surface area contributed by atoms with Crippen LogP contribution >= 0.6 is 11.3 Å². The molecule has 0 atom stereocenters. The number of nitrogens with one attached hydrogen (secondary N) is 1. The molecular formula is C19H17N3O6S. The van der Waals surface area contributed by atoms with E-state index >= 15 is 0 Å². The minimum atomic E-state index is -0.605. The molecule has 3 rings (SSSR count). The molecule has 29 heavy (non-hydrogen) atoms. The zero-order chi connectivity index (χ0) is 21.0. The van der Waals surface area contributed by atoms with Crippen LogP contribution < -0.4 is 19.5 Å². The van der Waals surface area contributed by atoms with Crippen LogP contribution in [0.25, 0.3) is 11.3 Å². The van der Waals surface area contributed by atoms with Crippen molar-refractivity contribution in [2.45, 2.75) is 0 Å². The van der Waals surface area contributed by atoms with Crippen molar-refractivity contribution in [1.82, 2.24) is 4.98 Å². The Kier molecular flexibility index (Phi) is 5.93. The average Bonchev–Trinajstić information content (AvgIpc) is 3.20. The molecule has 150 valence electrons. The topological polar surface area (TPSA) is 113 Å². The highest BCUT2D eigenvalue weighted by Gasteiger charge is 2.19. The summed E-state index contributed by atoms with van der Waals surface area (Å²) < 4.78 is 15.5. The molecule has 0 aliphatic rings. The van der Waals surface area contributed by atoms with E-state index in [0.29, 0.717) is 27.9 Å². The average molecular weight is 415 g/mol. The van der Waals surface area contributed by atoms with E-state index in [4.69, 9.17) is 14.2 Å².